The van der Waals surface area contributed by atoms with Crippen molar-refractivity contribution in [2.45, 2.75) is 59.4 Å². The highest BCUT2D eigenvalue weighted by molar-refractivity contribution is 6.74. The molecule has 2 rings (SSSR count). The fourth-order valence-corrected chi connectivity index (χ4v) is 3.52. The van der Waals surface area contributed by atoms with Crippen molar-refractivity contribution in [3.05, 3.63) is 58.7 Å². The molecule has 0 bridgehead atoms. The van der Waals surface area contributed by atoms with Gasteiger partial charge in [0.15, 0.2) is 0 Å². The van der Waals surface area contributed by atoms with Crippen LogP contribution >= 0.6 is 0 Å². The molecule has 0 radical (unpaired) electrons. The Morgan fingerprint density at radius 3 is 2.38 bits per heavy atom. The molecule has 0 atom stereocenters. The normalized spacial score (nSPS) is 11.8. The van der Waals surface area contributed by atoms with E-state index in [9.17, 15) is 0 Å². The Bertz CT molecular complexity index is 829. The van der Waals surface area contributed by atoms with Gasteiger partial charge < -0.3 is 9.16 Å². The first-order chi connectivity index (χ1) is 12.0. The Balaban J connectivity index is 2.25. The van der Waals surface area contributed by atoms with Crippen LogP contribution < -0.4 is 9.16 Å². The van der Waals surface area contributed by atoms with Crippen LogP contribution in [0, 0.1) is 25.2 Å². The Morgan fingerprint density at radius 1 is 1.08 bits per heavy atom. The predicted molar refractivity (Wildman–Crippen MR) is 109 cm³/mol. The van der Waals surface area contributed by atoms with Gasteiger partial charge in [0, 0.05) is 0 Å². The van der Waals surface area contributed by atoms with Gasteiger partial charge in [0.1, 0.15) is 18.1 Å². The topological polar surface area (TPSA) is 42.2 Å². The van der Waals surface area contributed by atoms with Gasteiger partial charge in [0.2, 0.25) is 8.32 Å². The van der Waals surface area contributed by atoms with Gasteiger partial charge in [-0.25, -0.2) is 0 Å². The molecule has 2 aromatic rings. The highest BCUT2D eigenvalue weighted by Crippen LogP contribution is 2.39. The molecular formula is C22H29NO2Si. The van der Waals surface area contributed by atoms with E-state index in [2.05, 4.69) is 65.9 Å². The van der Waals surface area contributed by atoms with E-state index in [1.54, 1.807) is 12.1 Å². The van der Waals surface area contributed by atoms with Crippen LogP contribution in [0.1, 0.15) is 43.0 Å². The molecule has 138 valence electrons. The third-order valence-corrected chi connectivity index (χ3v) is 9.64. The van der Waals surface area contributed by atoms with E-state index < -0.39 is 8.32 Å². The third kappa shape index (κ3) is 4.47. The van der Waals surface area contributed by atoms with Crippen LogP contribution in [0.2, 0.25) is 18.1 Å². The minimum atomic E-state index is -1.89. The van der Waals surface area contributed by atoms with Crippen LogP contribution in [0.4, 0.5) is 0 Å². The number of ether oxygens (including phenoxy) is 1. The van der Waals surface area contributed by atoms with Crippen LogP contribution in [0.25, 0.3) is 0 Å². The number of aryl methyl sites for hydroxylation is 1. The molecule has 0 N–H and O–H groups in total. The molecule has 26 heavy (non-hydrogen) atoms. The highest BCUT2D eigenvalue weighted by atomic mass is 28.4. The molecule has 0 heterocycles. The van der Waals surface area contributed by atoms with Gasteiger partial charge in [-0.2, -0.15) is 5.26 Å². The number of rotatable bonds is 5. The predicted octanol–water partition coefficient (Wildman–Crippen LogP) is 6.14. The molecule has 3 nitrogen and oxygen atoms in total. The number of benzene rings is 2. The summed E-state index contributed by atoms with van der Waals surface area (Å²) in [6.07, 6.45) is 0. The lowest BCUT2D eigenvalue weighted by Gasteiger charge is -2.37. The smallest absolute Gasteiger partial charge is 0.250 e. The Labute approximate surface area is 158 Å². The summed E-state index contributed by atoms with van der Waals surface area (Å²) in [5.74, 6) is 1.66. The van der Waals surface area contributed by atoms with Crippen LogP contribution in [0.15, 0.2) is 36.4 Å². The van der Waals surface area contributed by atoms with Crippen LogP contribution in [-0.4, -0.2) is 8.32 Å². The minimum Gasteiger partial charge on any atom is -0.543 e. The van der Waals surface area contributed by atoms with Crippen molar-refractivity contribution in [2.75, 3.05) is 0 Å². The molecule has 0 aromatic heterocycles. The maximum absolute atomic E-state index is 9.03. The first kappa shape index (κ1) is 20.1. The monoisotopic (exact) mass is 367 g/mol. The van der Waals surface area contributed by atoms with Crippen LogP contribution in [-0.2, 0) is 6.61 Å². The van der Waals surface area contributed by atoms with E-state index in [1.165, 1.54) is 5.56 Å². The van der Waals surface area contributed by atoms with Crippen LogP contribution in [0.3, 0.4) is 0 Å². The summed E-state index contributed by atoms with van der Waals surface area (Å²) in [6.45, 7) is 15.9. The SMILES string of the molecule is Cc1ccc(O[Si](C)(C)C(C)(C)C)c(C)c1COc1cccc(C#N)c1. The van der Waals surface area contributed by atoms with Crippen molar-refractivity contribution >= 4 is 8.32 Å². The Morgan fingerprint density at radius 2 is 1.77 bits per heavy atom. The van der Waals surface area contributed by atoms with E-state index >= 15 is 0 Å². The molecule has 0 fully saturated rings. The molecule has 0 aliphatic heterocycles. The number of nitriles is 1. The minimum absolute atomic E-state index is 0.152. The van der Waals surface area contributed by atoms with Crippen LogP contribution in [0.5, 0.6) is 11.5 Å². The first-order valence-electron chi connectivity index (χ1n) is 8.96. The molecule has 0 unspecified atom stereocenters. The molecule has 0 aliphatic rings. The first-order valence-corrected chi connectivity index (χ1v) is 11.9. The standard InChI is InChI=1S/C22H29NO2Si/c1-16-11-12-21(25-26(6,7)22(3,4)5)17(2)20(16)15-24-19-10-8-9-18(13-19)14-23/h8-13H,15H2,1-7H3. The summed E-state index contributed by atoms with van der Waals surface area (Å²) in [5.41, 5.74) is 4.06. The van der Waals surface area contributed by atoms with Gasteiger partial charge in [-0.05, 0) is 72.9 Å². The van der Waals surface area contributed by atoms with E-state index in [0.29, 0.717) is 17.9 Å². The quantitative estimate of drug-likeness (QED) is 0.596. The second kappa shape index (κ2) is 7.55. The zero-order chi connectivity index (χ0) is 19.5. The molecule has 4 heteroatoms. The lowest BCUT2D eigenvalue weighted by Crippen LogP contribution is -2.44. The summed E-state index contributed by atoms with van der Waals surface area (Å²) in [6, 6.07) is 13.6. The number of hydrogen-bond acceptors (Lipinski definition) is 3. The van der Waals surface area contributed by atoms with Crippen molar-refractivity contribution in [3.8, 4) is 17.6 Å². The van der Waals surface area contributed by atoms with Crippen molar-refractivity contribution in [1.82, 2.24) is 0 Å². The fraction of sp³-hybridized carbons (Fsp3) is 0.409. The van der Waals surface area contributed by atoms with Gasteiger partial charge in [-0.15, -0.1) is 0 Å². The summed E-state index contributed by atoms with van der Waals surface area (Å²) in [4.78, 5) is 0. The maximum atomic E-state index is 9.03. The summed E-state index contributed by atoms with van der Waals surface area (Å²) < 4.78 is 12.5. The Kier molecular flexibility index (Phi) is 5.83. The van der Waals surface area contributed by atoms with Gasteiger partial charge in [0.05, 0.1) is 11.6 Å². The molecule has 0 aliphatic carbocycles. The number of hydrogen-bond donors (Lipinski definition) is 0. The highest BCUT2D eigenvalue weighted by Gasteiger charge is 2.39. The average Bonchev–Trinajstić information content (AvgIpc) is 2.56. The lowest BCUT2D eigenvalue weighted by atomic mass is 10.0. The van der Waals surface area contributed by atoms with Crippen molar-refractivity contribution in [1.29, 1.82) is 5.26 Å². The molecular weight excluding hydrogens is 338 g/mol. The average molecular weight is 368 g/mol. The van der Waals surface area contributed by atoms with Gasteiger partial charge in [-0.1, -0.05) is 32.9 Å². The van der Waals surface area contributed by atoms with Crippen molar-refractivity contribution < 1.29 is 9.16 Å². The molecule has 0 amide bonds. The van der Waals surface area contributed by atoms with E-state index in [-0.39, 0.29) is 5.04 Å². The molecule has 2 aromatic carbocycles. The van der Waals surface area contributed by atoms with Crippen molar-refractivity contribution in [3.63, 3.8) is 0 Å². The third-order valence-electron chi connectivity index (χ3n) is 5.30. The summed E-state index contributed by atoms with van der Waals surface area (Å²) in [7, 11) is -1.89. The molecule has 0 saturated heterocycles. The molecule has 0 saturated carbocycles. The van der Waals surface area contributed by atoms with Crippen molar-refractivity contribution in [2.24, 2.45) is 0 Å². The molecule has 0 spiro atoms. The van der Waals surface area contributed by atoms with Gasteiger partial charge >= 0.3 is 0 Å². The van der Waals surface area contributed by atoms with E-state index in [4.69, 9.17) is 14.4 Å². The van der Waals surface area contributed by atoms with E-state index in [0.717, 1.165) is 16.9 Å². The van der Waals surface area contributed by atoms with E-state index in [1.807, 2.05) is 12.1 Å². The lowest BCUT2D eigenvalue weighted by molar-refractivity contribution is 0.304. The summed E-state index contributed by atoms with van der Waals surface area (Å²) in [5, 5.41) is 9.18. The maximum Gasteiger partial charge on any atom is 0.250 e. The second-order valence-electron chi connectivity index (χ2n) is 8.27. The second-order valence-corrected chi connectivity index (χ2v) is 13.0. The Hall–Kier alpha value is -2.25. The summed E-state index contributed by atoms with van der Waals surface area (Å²) >= 11 is 0. The van der Waals surface area contributed by atoms with Gasteiger partial charge in [0.25, 0.3) is 0 Å². The zero-order valence-electron chi connectivity index (χ0n) is 16.9. The fourth-order valence-electron chi connectivity index (χ4n) is 2.44. The zero-order valence-corrected chi connectivity index (χ0v) is 17.9. The van der Waals surface area contributed by atoms with Gasteiger partial charge in [-0.3, -0.25) is 0 Å². The largest absolute Gasteiger partial charge is 0.543 e. The number of nitrogens with zero attached hydrogens (tertiary/aromatic N) is 1.